The van der Waals surface area contributed by atoms with Crippen LogP contribution in [0.1, 0.15) is 30.1 Å². The Bertz CT molecular complexity index is 657. The molecule has 0 saturated heterocycles. The van der Waals surface area contributed by atoms with Crippen molar-refractivity contribution in [3.05, 3.63) is 29.3 Å². The molecule has 0 spiro atoms. The molecule has 8 heteroatoms. The van der Waals surface area contributed by atoms with Crippen LogP contribution in [0, 0.1) is 17.6 Å². The van der Waals surface area contributed by atoms with Gasteiger partial charge in [0.15, 0.2) is 0 Å². The Morgan fingerprint density at radius 2 is 1.95 bits per heavy atom. The van der Waals surface area contributed by atoms with Gasteiger partial charge < -0.3 is 5.32 Å². The lowest BCUT2D eigenvalue weighted by molar-refractivity contribution is 0.0931. The second-order valence-electron chi connectivity index (χ2n) is 4.91. The zero-order chi connectivity index (χ0) is 15.1. The number of halogens is 2. The van der Waals surface area contributed by atoms with E-state index in [1.54, 1.807) is 6.92 Å². The van der Waals surface area contributed by atoms with Crippen molar-refractivity contribution >= 4 is 15.9 Å². The van der Waals surface area contributed by atoms with Gasteiger partial charge >= 0.3 is 0 Å². The second kappa shape index (κ2) is 5.10. The molecule has 0 aromatic heterocycles. The second-order valence-corrected chi connectivity index (χ2v) is 6.44. The van der Waals surface area contributed by atoms with Gasteiger partial charge in [-0.05, 0) is 31.7 Å². The Morgan fingerprint density at radius 1 is 1.35 bits per heavy atom. The van der Waals surface area contributed by atoms with Crippen LogP contribution in [0.25, 0.3) is 0 Å². The van der Waals surface area contributed by atoms with E-state index in [2.05, 4.69) is 5.32 Å². The smallest absolute Gasteiger partial charge is 0.254 e. The fraction of sp³-hybridized carbons (Fsp3) is 0.417. The third-order valence-electron chi connectivity index (χ3n) is 3.26. The molecule has 1 aliphatic rings. The number of nitrogens with one attached hydrogen (secondary N) is 1. The highest BCUT2D eigenvalue weighted by Crippen LogP contribution is 2.32. The molecule has 1 atom stereocenters. The fourth-order valence-electron chi connectivity index (χ4n) is 1.92. The maximum atomic E-state index is 13.6. The quantitative estimate of drug-likeness (QED) is 0.874. The van der Waals surface area contributed by atoms with E-state index >= 15 is 0 Å². The molecule has 0 bridgehead atoms. The number of sulfonamides is 1. The van der Waals surface area contributed by atoms with Gasteiger partial charge in [-0.2, -0.15) is 0 Å². The Kier molecular flexibility index (Phi) is 3.79. The number of benzene rings is 1. The van der Waals surface area contributed by atoms with Crippen molar-refractivity contribution in [2.45, 2.75) is 30.7 Å². The summed E-state index contributed by atoms with van der Waals surface area (Å²) in [6.45, 7) is 1.78. The summed E-state index contributed by atoms with van der Waals surface area (Å²) in [6, 6.07) is 0.815. The monoisotopic (exact) mass is 304 g/mol. The molecule has 0 aliphatic heterocycles. The molecule has 1 amide bonds. The lowest BCUT2D eigenvalue weighted by Crippen LogP contribution is -2.34. The third-order valence-corrected chi connectivity index (χ3v) is 4.19. The Labute approximate surface area is 115 Å². The predicted molar refractivity (Wildman–Crippen MR) is 67.4 cm³/mol. The largest absolute Gasteiger partial charge is 0.349 e. The maximum absolute atomic E-state index is 13.6. The number of primary sulfonamides is 1. The van der Waals surface area contributed by atoms with E-state index in [0.29, 0.717) is 18.1 Å². The molecule has 1 fully saturated rings. The molecule has 3 N–H and O–H groups in total. The summed E-state index contributed by atoms with van der Waals surface area (Å²) in [5, 5.41) is 7.37. The molecular formula is C12H14F2N2O3S. The lowest BCUT2D eigenvalue weighted by Gasteiger charge is -2.13. The number of hydrogen-bond acceptors (Lipinski definition) is 3. The minimum atomic E-state index is -4.36. The normalized spacial score (nSPS) is 16.8. The Hall–Kier alpha value is -1.54. The first-order chi connectivity index (χ1) is 9.20. The van der Waals surface area contributed by atoms with E-state index in [-0.39, 0.29) is 6.04 Å². The topological polar surface area (TPSA) is 89.3 Å². The number of rotatable bonds is 4. The summed E-state index contributed by atoms with van der Waals surface area (Å²) in [5.74, 6) is -2.89. The van der Waals surface area contributed by atoms with E-state index < -0.39 is 38.0 Å². The summed E-state index contributed by atoms with van der Waals surface area (Å²) < 4.78 is 49.3. The van der Waals surface area contributed by atoms with Crippen LogP contribution < -0.4 is 10.5 Å². The molecular weight excluding hydrogens is 290 g/mol. The van der Waals surface area contributed by atoms with E-state index in [4.69, 9.17) is 5.14 Å². The van der Waals surface area contributed by atoms with Crippen LogP contribution in [-0.2, 0) is 10.0 Å². The molecule has 5 nitrogen and oxygen atoms in total. The average molecular weight is 304 g/mol. The minimum absolute atomic E-state index is 0.148. The van der Waals surface area contributed by atoms with Crippen LogP contribution >= 0.6 is 0 Å². The van der Waals surface area contributed by atoms with E-state index in [1.165, 1.54) is 0 Å². The van der Waals surface area contributed by atoms with Crippen LogP contribution in [0.4, 0.5) is 8.78 Å². The highest BCUT2D eigenvalue weighted by atomic mass is 32.2. The van der Waals surface area contributed by atoms with Crippen molar-refractivity contribution in [2.24, 2.45) is 11.1 Å². The molecule has 1 aromatic rings. The molecule has 110 valence electrons. The highest BCUT2D eigenvalue weighted by Gasteiger charge is 2.30. The van der Waals surface area contributed by atoms with Crippen molar-refractivity contribution in [3.8, 4) is 0 Å². The van der Waals surface area contributed by atoms with Gasteiger partial charge in [-0.15, -0.1) is 0 Å². The van der Waals surface area contributed by atoms with Crippen molar-refractivity contribution in [2.75, 3.05) is 0 Å². The van der Waals surface area contributed by atoms with Gasteiger partial charge in [0.2, 0.25) is 10.0 Å². The molecule has 0 radical (unpaired) electrons. The number of amides is 1. The van der Waals surface area contributed by atoms with Crippen LogP contribution in [0.15, 0.2) is 17.0 Å². The number of nitrogens with two attached hydrogens (primary N) is 1. The number of carbonyl (C=O) groups is 1. The van der Waals surface area contributed by atoms with Gasteiger partial charge in [0.1, 0.15) is 16.5 Å². The summed E-state index contributed by atoms with van der Waals surface area (Å²) in [5.41, 5.74) is -0.539. The highest BCUT2D eigenvalue weighted by molar-refractivity contribution is 7.89. The zero-order valence-corrected chi connectivity index (χ0v) is 11.5. The van der Waals surface area contributed by atoms with Gasteiger partial charge in [0.05, 0.1) is 5.56 Å². The van der Waals surface area contributed by atoms with Crippen LogP contribution in [0.5, 0.6) is 0 Å². The first-order valence-electron chi connectivity index (χ1n) is 6.03. The number of hydrogen-bond donors (Lipinski definition) is 2. The van der Waals surface area contributed by atoms with E-state index in [1.807, 2.05) is 0 Å². The van der Waals surface area contributed by atoms with Crippen LogP contribution in [0.3, 0.4) is 0 Å². The Morgan fingerprint density at radius 3 is 2.45 bits per heavy atom. The fourth-order valence-corrected chi connectivity index (χ4v) is 2.53. The van der Waals surface area contributed by atoms with Gasteiger partial charge in [-0.3, -0.25) is 4.79 Å². The van der Waals surface area contributed by atoms with E-state index in [9.17, 15) is 22.0 Å². The van der Waals surface area contributed by atoms with Gasteiger partial charge in [-0.25, -0.2) is 22.3 Å². The summed E-state index contributed by atoms with van der Waals surface area (Å²) >= 11 is 0. The molecule has 1 unspecified atom stereocenters. The summed E-state index contributed by atoms with van der Waals surface area (Å²) in [4.78, 5) is 11.0. The van der Waals surface area contributed by atoms with Crippen molar-refractivity contribution in [1.82, 2.24) is 5.32 Å². The summed E-state index contributed by atoms with van der Waals surface area (Å²) in [6.07, 6.45) is 1.96. The van der Waals surface area contributed by atoms with Crippen LogP contribution in [-0.4, -0.2) is 20.4 Å². The van der Waals surface area contributed by atoms with Gasteiger partial charge in [0.25, 0.3) is 5.91 Å². The first kappa shape index (κ1) is 14.9. The van der Waals surface area contributed by atoms with Crippen LogP contribution in [0.2, 0.25) is 0 Å². The standard InChI is InChI=1S/C12H14F2N2O3S/c1-6(7-2-3-7)16-12(17)8-4-11(20(15,18)19)10(14)5-9(8)13/h4-7H,2-3H2,1H3,(H,16,17)(H2,15,18,19). The van der Waals surface area contributed by atoms with E-state index in [0.717, 1.165) is 12.8 Å². The predicted octanol–water partition coefficient (Wildman–Crippen LogP) is 1.14. The van der Waals surface area contributed by atoms with Crippen molar-refractivity contribution in [3.63, 3.8) is 0 Å². The maximum Gasteiger partial charge on any atom is 0.254 e. The van der Waals surface area contributed by atoms with Gasteiger partial charge in [-0.1, -0.05) is 0 Å². The zero-order valence-electron chi connectivity index (χ0n) is 10.7. The van der Waals surface area contributed by atoms with Gasteiger partial charge in [0, 0.05) is 12.1 Å². The average Bonchev–Trinajstić information content (AvgIpc) is 3.10. The molecule has 1 aliphatic carbocycles. The molecule has 20 heavy (non-hydrogen) atoms. The minimum Gasteiger partial charge on any atom is -0.349 e. The lowest BCUT2D eigenvalue weighted by atomic mass is 10.1. The Balaban J connectivity index is 2.33. The molecule has 0 heterocycles. The SMILES string of the molecule is CC(NC(=O)c1cc(S(N)(=O)=O)c(F)cc1F)C1CC1. The molecule has 2 rings (SSSR count). The molecule has 1 aromatic carbocycles. The van der Waals surface area contributed by atoms with Crippen molar-refractivity contribution in [1.29, 1.82) is 0 Å². The first-order valence-corrected chi connectivity index (χ1v) is 7.57. The summed E-state index contributed by atoms with van der Waals surface area (Å²) in [7, 11) is -4.36. The number of carbonyl (C=O) groups excluding carboxylic acids is 1. The molecule has 1 saturated carbocycles. The van der Waals surface area contributed by atoms with Crippen molar-refractivity contribution < 1.29 is 22.0 Å². The third kappa shape index (κ3) is 3.13.